The molecule has 1 fully saturated rings. The van der Waals surface area contributed by atoms with Gasteiger partial charge in [-0.3, -0.25) is 4.21 Å². The van der Waals surface area contributed by atoms with Gasteiger partial charge in [-0.2, -0.15) is 0 Å². The molecular weight excluding hydrogens is 148 g/mol. The van der Waals surface area contributed by atoms with E-state index in [1.54, 1.807) is 6.26 Å². The quantitative estimate of drug-likeness (QED) is 0.578. The van der Waals surface area contributed by atoms with Gasteiger partial charge < -0.3 is 4.74 Å². The molecule has 0 aromatic rings. The average molecular weight is 162 g/mol. The molecule has 0 amide bonds. The molecular formula is C7H14O2S. The van der Waals surface area contributed by atoms with Crippen LogP contribution in [-0.4, -0.2) is 27.9 Å². The second kappa shape index (κ2) is 2.62. The van der Waals surface area contributed by atoms with Crippen LogP contribution in [0.15, 0.2) is 0 Å². The molecule has 0 radical (unpaired) electrons. The third-order valence-corrected chi connectivity index (χ3v) is 2.64. The Balaban J connectivity index is 2.13. The van der Waals surface area contributed by atoms with Crippen LogP contribution in [0.4, 0.5) is 0 Å². The van der Waals surface area contributed by atoms with Crippen LogP contribution in [0.2, 0.25) is 0 Å². The molecule has 1 saturated heterocycles. The topological polar surface area (TPSA) is 29.6 Å². The van der Waals surface area contributed by atoms with Gasteiger partial charge in [-0.15, -0.1) is 0 Å². The summed E-state index contributed by atoms with van der Waals surface area (Å²) in [4.78, 5) is 0. The maximum Gasteiger partial charge on any atom is 0.0892 e. The molecule has 10 heavy (non-hydrogen) atoms. The Morgan fingerprint density at radius 3 is 2.40 bits per heavy atom. The third kappa shape index (κ3) is 2.06. The standard InChI is InChI=1S/C7H14O2S/c1-7(2)6(9-7)4-5-10(3)8/h6H,4-5H2,1-3H3/t6-,10?/m0/s1. The average Bonchev–Trinajstić information content (AvgIpc) is 2.35. The first-order valence-corrected chi connectivity index (χ1v) is 5.23. The highest BCUT2D eigenvalue weighted by Crippen LogP contribution is 2.37. The van der Waals surface area contributed by atoms with E-state index in [4.69, 9.17) is 4.74 Å². The number of rotatable bonds is 3. The van der Waals surface area contributed by atoms with Crippen molar-refractivity contribution in [3.63, 3.8) is 0 Å². The predicted octanol–water partition coefficient (Wildman–Crippen LogP) is 0.932. The van der Waals surface area contributed by atoms with E-state index in [2.05, 4.69) is 13.8 Å². The lowest BCUT2D eigenvalue weighted by molar-refractivity contribution is 0.322. The zero-order chi connectivity index (χ0) is 7.78. The molecule has 2 nitrogen and oxygen atoms in total. The predicted molar refractivity (Wildman–Crippen MR) is 42.5 cm³/mol. The van der Waals surface area contributed by atoms with Gasteiger partial charge in [0.15, 0.2) is 0 Å². The van der Waals surface area contributed by atoms with E-state index in [0.29, 0.717) is 6.10 Å². The van der Waals surface area contributed by atoms with Crippen LogP contribution in [-0.2, 0) is 15.5 Å². The highest BCUT2D eigenvalue weighted by Gasteiger charge is 2.46. The van der Waals surface area contributed by atoms with Crippen molar-refractivity contribution < 1.29 is 8.95 Å². The van der Waals surface area contributed by atoms with Crippen molar-refractivity contribution >= 4 is 10.8 Å². The summed E-state index contributed by atoms with van der Waals surface area (Å²) in [6, 6.07) is 0. The minimum Gasteiger partial charge on any atom is -0.367 e. The van der Waals surface area contributed by atoms with Crippen molar-refractivity contribution in [2.45, 2.75) is 32.0 Å². The van der Waals surface area contributed by atoms with Crippen molar-refractivity contribution in [1.82, 2.24) is 0 Å². The summed E-state index contributed by atoms with van der Waals surface area (Å²) in [7, 11) is -0.659. The Labute approximate surface area is 64.4 Å². The van der Waals surface area contributed by atoms with Crippen LogP contribution >= 0.6 is 0 Å². The maximum atomic E-state index is 10.6. The summed E-state index contributed by atoms with van der Waals surface area (Å²) < 4.78 is 16.0. The second-order valence-electron chi connectivity index (χ2n) is 3.28. The van der Waals surface area contributed by atoms with Gasteiger partial charge >= 0.3 is 0 Å². The molecule has 0 aromatic heterocycles. The van der Waals surface area contributed by atoms with Crippen LogP contribution in [0, 0.1) is 0 Å². The van der Waals surface area contributed by atoms with Crippen molar-refractivity contribution in [2.75, 3.05) is 12.0 Å². The molecule has 1 aliphatic heterocycles. The molecule has 60 valence electrons. The van der Waals surface area contributed by atoms with E-state index in [-0.39, 0.29) is 5.60 Å². The first-order chi connectivity index (χ1) is 4.52. The summed E-state index contributed by atoms with van der Waals surface area (Å²) in [5.74, 6) is 0.772. The van der Waals surface area contributed by atoms with Crippen LogP contribution in [0.25, 0.3) is 0 Å². The zero-order valence-corrected chi connectivity index (χ0v) is 7.53. The number of ether oxygens (including phenoxy) is 1. The van der Waals surface area contributed by atoms with Crippen molar-refractivity contribution in [1.29, 1.82) is 0 Å². The fourth-order valence-corrected chi connectivity index (χ4v) is 1.56. The Bertz CT molecular complexity index is 154. The van der Waals surface area contributed by atoms with Gasteiger partial charge in [0.05, 0.1) is 11.7 Å². The fraction of sp³-hybridized carbons (Fsp3) is 1.00. The number of epoxide rings is 1. The molecule has 0 saturated carbocycles. The van der Waals surface area contributed by atoms with Gasteiger partial charge in [-0.05, 0) is 20.3 Å². The lowest BCUT2D eigenvalue weighted by Crippen LogP contribution is -2.06. The monoisotopic (exact) mass is 162 g/mol. The molecule has 3 heteroatoms. The zero-order valence-electron chi connectivity index (χ0n) is 6.72. The van der Waals surface area contributed by atoms with Gasteiger partial charge in [0, 0.05) is 22.8 Å². The summed E-state index contributed by atoms with van der Waals surface area (Å²) in [6.45, 7) is 4.13. The lowest BCUT2D eigenvalue weighted by Gasteiger charge is -1.94. The highest BCUT2D eigenvalue weighted by molar-refractivity contribution is 7.84. The van der Waals surface area contributed by atoms with Crippen molar-refractivity contribution in [3.8, 4) is 0 Å². The highest BCUT2D eigenvalue weighted by atomic mass is 32.2. The molecule has 1 aliphatic rings. The summed E-state index contributed by atoms with van der Waals surface area (Å²) >= 11 is 0. The molecule has 0 spiro atoms. The van der Waals surface area contributed by atoms with Crippen LogP contribution < -0.4 is 0 Å². The minimum atomic E-state index is -0.659. The Hall–Kier alpha value is 0.110. The number of hydrogen-bond donors (Lipinski definition) is 0. The van der Waals surface area contributed by atoms with E-state index in [9.17, 15) is 4.21 Å². The van der Waals surface area contributed by atoms with Gasteiger partial charge in [0.2, 0.25) is 0 Å². The normalized spacial score (nSPS) is 31.7. The molecule has 0 bridgehead atoms. The Morgan fingerprint density at radius 1 is 1.60 bits per heavy atom. The fourth-order valence-electron chi connectivity index (χ4n) is 1.01. The molecule has 1 heterocycles. The minimum absolute atomic E-state index is 0.0688. The third-order valence-electron chi connectivity index (χ3n) is 1.83. The van der Waals surface area contributed by atoms with Crippen LogP contribution in [0.1, 0.15) is 20.3 Å². The molecule has 0 N–H and O–H groups in total. The molecule has 0 aliphatic carbocycles. The maximum absolute atomic E-state index is 10.6. The number of hydrogen-bond acceptors (Lipinski definition) is 2. The van der Waals surface area contributed by atoms with E-state index < -0.39 is 10.8 Å². The van der Waals surface area contributed by atoms with Crippen LogP contribution in [0.3, 0.4) is 0 Å². The van der Waals surface area contributed by atoms with Gasteiger partial charge in [0.1, 0.15) is 0 Å². The van der Waals surface area contributed by atoms with Crippen molar-refractivity contribution in [3.05, 3.63) is 0 Å². The van der Waals surface area contributed by atoms with Crippen LogP contribution in [0.5, 0.6) is 0 Å². The first kappa shape index (κ1) is 8.21. The molecule has 1 unspecified atom stereocenters. The van der Waals surface area contributed by atoms with E-state index in [0.717, 1.165) is 12.2 Å². The van der Waals surface area contributed by atoms with E-state index >= 15 is 0 Å². The Kier molecular flexibility index (Phi) is 2.15. The largest absolute Gasteiger partial charge is 0.367 e. The van der Waals surface area contributed by atoms with Gasteiger partial charge in [-0.1, -0.05) is 0 Å². The smallest absolute Gasteiger partial charge is 0.0892 e. The molecule has 1 rings (SSSR count). The van der Waals surface area contributed by atoms with Gasteiger partial charge in [0.25, 0.3) is 0 Å². The SMILES string of the molecule is CS(=O)CC[C@@H]1OC1(C)C. The molecule has 2 atom stereocenters. The second-order valence-corrected chi connectivity index (χ2v) is 4.83. The first-order valence-electron chi connectivity index (χ1n) is 3.50. The molecule has 0 aromatic carbocycles. The Morgan fingerprint density at radius 2 is 2.10 bits per heavy atom. The van der Waals surface area contributed by atoms with E-state index in [1.807, 2.05) is 0 Å². The van der Waals surface area contributed by atoms with Crippen molar-refractivity contribution in [2.24, 2.45) is 0 Å². The summed E-state index contributed by atoms with van der Waals surface area (Å²) in [6.07, 6.45) is 3.03. The van der Waals surface area contributed by atoms with E-state index in [1.165, 1.54) is 0 Å². The lowest BCUT2D eigenvalue weighted by atomic mass is 10.1. The summed E-state index contributed by atoms with van der Waals surface area (Å²) in [5, 5.41) is 0. The van der Waals surface area contributed by atoms with Gasteiger partial charge in [-0.25, -0.2) is 0 Å². The summed E-state index contributed by atoms with van der Waals surface area (Å²) in [5.41, 5.74) is 0.0688.